The molecule has 0 amide bonds. The Morgan fingerprint density at radius 1 is 0.765 bits per heavy atom. The number of nitrogens with zero attached hydrogens (tertiary/aromatic N) is 3. The molecule has 1 unspecified atom stereocenters. The monoisotopic (exact) mass is 581 g/mol. The average Bonchev–Trinajstić information content (AvgIpc) is 3.12. The number of halogens is 2. The second-order valence-corrected chi connectivity index (χ2v) is 10.8. The highest BCUT2D eigenvalue weighted by molar-refractivity contribution is 9.10. The van der Waals surface area contributed by atoms with Gasteiger partial charge in [0.25, 0.3) is 0 Å². The van der Waals surface area contributed by atoms with Crippen molar-refractivity contribution in [2.45, 2.75) is 12.6 Å². The number of fused-ring (bicyclic) bond motifs is 3. The SMILES string of the molecule is OC(CN1CCN(C/C=C/c2ccccc2)CC1)Cn1c2ccc(Br)cc2c2cc(Br)ccc21. The Labute approximate surface area is 217 Å². The van der Waals surface area contributed by atoms with Crippen LogP contribution in [-0.2, 0) is 6.54 Å². The number of aliphatic hydroxyl groups is 1. The largest absolute Gasteiger partial charge is 0.390 e. The predicted octanol–water partition coefficient (Wildman–Crippen LogP) is 6.01. The molecular weight excluding hydrogens is 554 g/mol. The van der Waals surface area contributed by atoms with Crippen molar-refractivity contribution in [3.05, 3.63) is 87.3 Å². The van der Waals surface area contributed by atoms with E-state index in [1.54, 1.807) is 0 Å². The summed E-state index contributed by atoms with van der Waals surface area (Å²) in [5.41, 5.74) is 3.56. The zero-order valence-corrected chi connectivity index (χ0v) is 22.2. The fraction of sp³-hybridized carbons (Fsp3) is 0.286. The lowest BCUT2D eigenvalue weighted by Crippen LogP contribution is -2.48. The van der Waals surface area contributed by atoms with Gasteiger partial charge in [-0.2, -0.15) is 0 Å². The fourth-order valence-electron chi connectivity index (χ4n) is 4.87. The maximum absolute atomic E-state index is 11.0. The maximum atomic E-state index is 11.0. The molecule has 1 atom stereocenters. The molecule has 0 spiro atoms. The van der Waals surface area contributed by atoms with Crippen LogP contribution in [0.4, 0.5) is 0 Å². The fourth-order valence-corrected chi connectivity index (χ4v) is 5.59. The van der Waals surface area contributed by atoms with E-state index in [1.165, 1.54) is 16.3 Å². The Bertz CT molecular complexity index is 1230. The molecule has 0 bridgehead atoms. The van der Waals surface area contributed by atoms with Gasteiger partial charge < -0.3 is 9.67 Å². The lowest BCUT2D eigenvalue weighted by atomic mass is 10.2. The van der Waals surface area contributed by atoms with E-state index in [0.29, 0.717) is 13.1 Å². The Balaban J connectivity index is 1.20. The predicted molar refractivity (Wildman–Crippen MR) is 149 cm³/mol. The summed E-state index contributed by atoms with van der Waals surface area (Å²) in [6.07, 6.45) is 4.02. The van der Waals surface area contributed by atoms with E-state index in [-0.39, 0.29) is 0 Å². The molecule has 0 saturated carbocycles. The molecule has 34 heavy (non-hydrogen) atoms. The van der Waals surface area contributed by atoms with Crippen LogP contribution in [0, 0.1) is 0 Å². The van der Waals surface area contributed by atoms with Crippen molar-refractivity contribution < 1.29 is 5.11 Å². The number of hydrogen-bond acceptors (Lipinski definition) is 3. The molecule has 176 valence electrons. The number of piperazine rings is 1. The summed E-state index contributed by atoms with van der Waals surface area (Å²) in [6, 6.07) is 23.2. The van der Waals surface area contributed by atoms with Crippen LogP contribution in [0.5, 0.6) is 0 Å². The van der Waals surface area contributed by atoms with E-state index >= 15 is 0 Å². The first-order valence-electron chi connectivity index (χ1n) is 11.8. The molecule has 4 aromatic rings. The maximum Gasteiger partial charge on any atom is 0.0845 e. The van der Waals surface area contributed by atoms with Crippen molar-refractivity contribution in [3.63, 3.8) is 0 Å². The van der Waals surface area contributed by atoms with E-state index in [2.05, 4.69) is 119 Å². The second-order valence-electron chi connectivity index (χ2n) is 9.00. The standard InChI is InChI=1S/C28H29Br2N3O/c29-22-8-10-27-25(17-22)26-18-23(30)9-11-28(26)33(27)20-24(34)19-32-15-13-31(14-16-32)12-4-7-21-5-2-1-3-6-21/h1-11,17-18,24,34H,12-16,19-20H2/b7-4+. The molecule has 5 rings (SSSR count). The minimum atomic E-state index is -0.421. The van der Waals surface area contributed by atoms with Gasteiger partial charge in [-0.05, 0) is 42.0 Å². The molecule has 0 radical (unpaired) electrons. The van der Waals surface area contributed by atoms with Gasteiger partial charge in [0.2, 0.25) is 0 Å². The quantitative estimate of drug-likeness (QED) is 0.289. The van der Waals surface area contributed by atoms with E-state index < -0.39 is 6.10 Å². The van der Waals surface area contributed by atoms with E-state index in [9.17, 15) is 5.11 Å². The van der Waals surface area contributed by atoms with Crippen molar-refractivity contribution in [3.8, 4) is 0 Å². The van der Waals surface area contributed by atoms with Crippen molar-refractivity contribution in [2.75, 3.05) is 39.3 Å². The molecule has 4 nitrogen and oxygen atoms in total. The molecule has 1 aliphatic heterocycles. The Morgan fingerprint density at radius 3 is 1.97 bits per heavy atom. The number of aliphatic hydroxyl groups excluding tert-OH is 1. The molecule has 2 heterocycles. The van der Waals surface area contributed by atoms with Gasteiger partial charge in [-0.3, -0.25) is 9.80 Å². The molecule has 0 aliphatic carbocycles. The summed E-state index contributed by atoms with van der Waals surface area (Å²) >= 11 is 7.22. The minimum Gasteiger partial charge on any atom is -0.390 e. The van der Waals surface area contributed by atoms with Crippen LogP contribution in [0.1, 0.15) is 5.56 Å². The van der Waals surface area contributed by atoms with E-state index in [1.807, 2.05) is 6.07 Å². The van der Waals surface area contributed by atoms with Crippen molar-refractivity contribution >= 4 is 59.7 Å². The first kappa shape index (κ1) is 23.8. The number of rotatable bonds is 7. The second kappa shape index (κ2) is 10.8. The Kier molecular flexibility index (Phi) is 7.52. The highest BCUT2D eigenvalue weighted by Gasteiger charge is 2.20. The summed E-state index contributed by atoms with van der Waals surface area (Å²) in [7, 11) is 0. The van der Waals surface area contributed by atoms with Crippen LogP contribution < -0.4 is 0 Å². The zero-order valence-electron chi connectivity index (χ0n) is 19.1. The molecule has 1 N–H and O–H groups in total. The first-order valence-corrected chi connectivity index (χ1v) is 13.4. The summed E-state index contributed by atoms with van der Waals surface area (Å²) in [5, 5.41) is 13.4. The first-order chi connectivity index (χ1) is 16.6. The average molecular weight is 583 g/mol. The van der Waals surface area contributed by atoms with Crippen LogP contribution in [0.25, 0.3) is 27.9 Å². The zero-order chi connectivity index (χ0) is 23.5. The summed E-state index contributed by atoms with van der Waals surface area (Å²) < 4.78 is 4.39. The van der Waals surface area contributed by atoms with Gasteiger partial charge in [0.05, 0.1) is 12.6 Å². The number of β-amino-alcohol motifs (C(OH)–C–C–N with tert-alkyl or cyclic N) is 1. The lowest BCUT2D eigenvalue weighted by molar-refractivity contribution is 0.0688. The molecule has 1 aliphatic rings. The Hall–Kier alpha value is -1.96. The van der Waals surface area contributed by atoms with Crippen LogP contribution in [0.15, 0.2) is 81.8 Å². The van der Waals surface area contributed by atoms with Crippen molar-refractivity contribution in [1.29, 1.82) is 0 Å². The van der Waals surface area contributed by atoms with Gasteiger partial charge in [-0.25, -0.2) is 0 Å². The number of aromatic nitrogens is 1. The molecule has 1 fully saturated rings. The highest BCUT2D eigenvalue weighted by atomic mass is 79.9. The molecular formula is C28H29Br2N3O. The number of benzene rings is 3. The van der Waals surface area contributed by atoms with E-state index in [4.69, 9.17) is 0 Å². The number of hydrogen-bond donors (Lipinski definition) is 1. The summed E-state index contributed by atoms with van der Waals surface area (Å²) in [6.45, 7) is 6.29. The van der Waals surface area contributed by atoms with Crippen molar-refractivity contribution in [1.82, 2.24) is 14.4 Å². The van der Waals surface area contributed by atoms with Gasteiger partial charge in [-0.15, -0.1) is 0 Å². The minimum absolute atomic E-state index is 0.421. The van der Waals surface area contributed by atoms with Gasteiger partial charge in [0, 0.05) is 70.0 Å². The molecule has 3 aromatic carbocycles. The topological polar surface area (TPSA) is 31.6 Å². The van der Waals surface area contributed by atoms with Gasteiger partial charge in [0.1, 0.15) is 0 Å². The smallest absolute Gasteiger partial charge is 0.0845 e. The third kappa shape index (κ3) is 5.47. The molecule has 6 heteroatoms. The van der Waals surface area contributed by atoms with E-state index in [0.717, 1.165) is 52.7 Å². The third-order valence-corrected chi connectivity index (χ3v) is 7.58. The van der Waals surface area contributed by atoms with Gasteiger partial charge >= 0.3 is 0 Å². The van der Waals surface area contributed by atoms with Crippen LogP contribution in [0.3, 0.4) is 0 Å². The third-order valence-electron chi connectivity index (χ3n) is 6.59. The lowest BCUT2D eigenvalue weighted by Gasteiger charge is -2.35. The van der Waals surface area contributed by atoms with Gasteiger partial charge in [-0.1, -0.05) is 74.3 Å². The highest BCUT2D eigenvalue weighted by Crippen LogP contribution is 2.33. The molecule has 1 saturated heterocycles. The molecule has 1 aromatic heterocycles. The van der Waals surface area contributed by atoms with Crippen LogP contribution in [-0.4, -0.2) is 64.8 Å². The van der Waals surface area contributed by atoms with Crippen molar-refractivity contribution in [2.24, 2.45) is 0 Å². The van der Waals surface area contributed by atoms with Crippen LogP contribution in [0.2, 0.25) is 0 Å². The Morgan fingerprint density at radius 2 is 1.35 bits per heavy atom. The summed E-state index contributed by atoms with van der Waals surface area (Å²) in [5.74, 6) is 0. The normalized spacial score (nSPS) is 16.7. The van der Waals surface area contributed by atoms with Gasteiger partial charge in [0.15, 0.2) is 0 Å². The summed E-state index contributed by atoms with van der Waals surface area (Å²) in [4.78, 5) is 4.87. The van der Waals surface area contributed by atoms with Crippen LogP contribution >= 0.6 is 31.9 Å².